The Morgan fingerprint density at radius 1 is 1.40 bits per heavy atom. The zero-order valence-corrected chi connectivity index (χ0v) is 13.2. The van der Waals surface area contributed by atoms with Gasteiger partial charge >= 0.3 is 0 Å². The van der Waals surface area contributed by atoms with E-state index in [4.69, 9.17) is 0 Å². The van der Waals surface area contributed by atoms with E-state index in [9.17, 15) is 4.79 Å². The van der Waals surface area contributed by atoms with Crippen LogP contribution in [0.15, 0.2) is 10.7 Å². The predicted molar refractivity (Wildman–Crippen MR) is 82.8 cm³/mol. The Bertz CT molecular complexity index is 464. The fourth-order valence-corrected chi connectivity index (χ4v) is 1.97. The van der Waals surface area contributed by atoms with Gasteiger partial charge in [-0.1, -0.05) is 6.92 Å². The smallest absolute Gasteiger partial charge is 0.224 e. The van der Waals surface area contributed by atoms with Crippen molar-refractivity contribution in [3.63, 3.8) is 0 Å². The molecule has 0 bridgehead atoms. The van der Waals surface area contributed by atoms with Crippen LogP contribution in [0.1, 0.15) is 32.6 Å². The Hall–Kier alpha value is -1.37. The van der Waals surface area contributed by atoms with E-state index < -0.39 is 0 Å². The number of nitrogens with zero attached hydrogens (tertiary/aromatic N) is 2. The summed E-state index contributed by atoms with van der Waals surface area (Å²) < 4.78 is 0.794. The molecular formula is C13H20BrN5O. The molecule has 7 heteroatoms. The third-order valence-electron chi connectivity index (χ3n) is 2.86. The van der Waals surface area contributed by atoms with E-state index in [-0.39, 0.29) is 5.91 Å². The maximum atomic E-state index is 11.6. The van der Waals surface area contributed by atoms with Crippen molar-refractivity contribution in [2.75, 3.05) is 23.7 Å². The van der Waals surface area contributed by atoms with Crippen LogP contribution in [0, 0.1) is 0 Å². The highest BCUT2D eigenvalue weighted by Gasteiger charge is 2.22. The van der Waals surface area contributed by atoms with Gasteiger partial charge in [-0.05, 0) is 35.2 Å². The monoisotopic (exact) mass is 341 g/mol. The number of rotatable bonds is 8. The Labute approximate surface area is 127 Å². The summed E-state index contributed by atoms with van der Waals surface area (Å²) in [4.78, 5) is 20.1. The topological polar surface area (TPSA) is 78.9 Å². The van der Waals surface area contributed by atoms with E-state index in [1.165, 1.54) is 0 Å². The third-order valence-corrected chi connectivity index (χ3v) is 3.44. The minimum atomic E-state index is 0.0921. The van der Waals surface area contributed by atoms with Gasteiger partial charge in [0.05, 0.1) is 4.47 Å². The van der Waals surface area contributed by atoms with Crippen molar-refractivity contribution in [3.8, 4) is 0 Å². The molecule has 2 rings (SSSR count). The van der Waals surface area contributed by atoms with Crippen LogP contribution in [0.2, 0.25) is 0 Å². The minimum absolute atomic E-state index is 0.0921. The summed E-state index contributed by atoms with van der Waals surface area (Å²) in [5, 5.41) is 9.25. The van der Waals surface area contributed by atoms with Gasteiger partial charge in [0.2, 0.25) is 11.9 Å². The van der Waals surface area contributed by atoms with Gasteiger partial charge in [0.1, 0.15) is 5.82 Å². The van der Waals surface area contributed by atoms with E-state index in [0.717, 1.165) is 30.3 Å². The average Bonchev–Trinajstić information content (AvgIpc) is 3.23. The van der Waals surface area contributed by atoms with E-state index >= 15 is 0 Å². The molecule has 1 heterocycles. The highest BCUT2D eigenvalue weighted by molar-refractivity contribution is 9.10. The van der Waals surface area contributed by atoms with E-state index in [0.29, 0.717) is 30.8 Å². The third kappa shape index (κ3) is 4.96. The molecule has 0 aromatic carbocycles. The standard InChI is InChI=1S/C13H20BrN5O/c1-2-6-16-13-17-8-10(14)12(19-13)15-7-5-11(20)18-9-3-4-9/h8-9H,2-7H2,1H3,(H,18,20)(H2,15,16,17,19). The number of carbonyl (C=O) groups is 1. The molecule has 6 nitrogen and oxygen atoms in total. The second-order valence-electron chi connectivity index (χ2n) is 4.84. The normalized spacial score (nSPS) is 13.9. The van der Waals surface area contributed by atoms with Crippen LogP contribution in [0.3, 0.4) is 0 Å². The van der Waals surface area contributed by atoms with Gasteiger partial charge in [-0.25, -0.2) is 4.98 Å². The van der Waals surface area contributed by atoms with Crippen molar-refractivity contribution < 1.29 is 4.79 Å². The Balaban J connectivity index is 1.79. The molecule has 20 heavy (non-hydrogen) atoms. The molecule has 1 fully saturated rings. The Morgan fingerprint density at radius 2 is 2.20 bits per heavy atom. The second-order valence-corrected chi connectivity index (χ2v) is 5.69. The van der Waals surface area contributed by atoms with Crippen molar-refractivity contribution in [1.82, 2.24) is 15.3 Å². The van der Waals surface area contributed by atoms with Gasteiger partial charge in [-0.15, -0.1) is 0 Å². The summed E-state index contributed by atoms with van der Waals surface area (Å²) in [7, 11) is 0. The van der Waals surface area contributed by atoms with Crippen molar-refractivity contribution >= 4 is 33.6 Å². The van der Waals surface area contributed by atoms with Gasteiger partial charge in [-0.3, -0.25) is 4.79 Å². The number of amides is 1. The van der Waals surface area contributed by atoms with Crippen molar-refractivity contribution in [2.24, 2.45) is 0 Å². The Morgan fingerprint density at radius 3 is 2.90 bits per heavy atom. The van der Waals surface area contributed by atoms with Crippen LogP contribution in [0.4, 0.5) is 11.8 Å². The lowest BCUT2D eigenvalue weighted by Crippen LogP contribution is -2.27. The zero-order chi connectivity index (χ0) is 14.4. The first-order valence-electron chi connectivity index (χ1n) is 6.98. The van der Waals surface area contributed by atoms with Gasteiger partial charge in [0, 0.05) is 31.7 Å². The van der Waals surface area contributed by atoms with Gasteiger partial charge in [0.25, 0.3) is 0 Å². The fourth-order valence-electron chi connectivity index (χ4n) is 1.64. The maximum Gasteiger partial charge on any atom is 0.224 e. The molecule has 1 aliphatic rings. The summed E-state index contributed by atoms with van der Waals surface area (Å²) in [6.07, 6.45) is 5.40. The molecule has 110 valence electrons. The molecule has 1 aromatic rings. The van der Waals surface area contributed by atoms with Gasteiger partial charge < -0.3 is 16.0 Å². The van der Waals surface area contributed by atoms with Crippen LogP contribution in [-0.4, -0.2) is 35.0 Å². The average molecular weight is 342 g/mol. The summed E-state index contributed by atoms with van der Waals surface area (Å²) in [6.45, 7) is 3.48. The summed E-state index contributed by atoms with van der Waals surface area (Å²) in [5.41, 5.74) is 0. The van der Waals surface area contributed by atoms with Crippen molar-refractivity contribution in [1.29, 1.82) is 0 Å². The number of aromatic nitrogens is 2. The van der Waals surface area contributed by atoms with Crippen molar-refractivity contribution in [2.45, 2.75) is 38.6 Å². The molecule has 1 saturated carbocycles. The maximum absolute atomic E-state index is 11.6. The molecule has 0 spiro atoms. The van der Waals surface area contributed by atoms with Crippen LogP contribution in [0.5, 0.6) is 0 Å². The van der Waals surface area contributed by atoms with Gasteiger partial charge in [-0.2, -0.15) is 4.98 Å². The van der Waals surface area contributed by atoms with Gasteiger partial charge in [0.15, 0.2) is 0 Å². The van der Waals surface area contributed by atoms with E-state index in [1.54, 1.807) is 6.20 Å². The minimum Gasteiger partial charge on any atom is -0.368 e. The number of halogens is 1. The lowest BCUT2D eigenvalue weighted by Gasteiger charge is -2.10. The quantitative estimate of drug-likeness (QED) is 0.675. The fraction of sp³-hybridized carbons (Fsp3) is 0.615. The van der Waals surface area contributed by atoms with Crippen molar-refractivity contribution in [3.05, 3.63) is 10.7 Å². The summed E-state index contributed by atoms with van der Waals surface area (Å²) in [6, 6.07) is 0.415. The molecule has 1 amide bonds. The molecule has 0 radical (unpaired) electrons. The number of carbonyl (C=O) groups excluding carboxylic acids is 1. The van der Waals surface area contributed by atoms with Crippen LogP contribution < -0.4 is 16.0 Å². The van der Waals surface area contributed by atoms with E-state index in [2.05, 4.69) is 48.8 Å². The van der Waals surface area contributed by atoms with Crippen LogP contribution in [-0.2, 0) is 4.79 Å². The summed E-state index contributed by atoms with van der Waals surface area (Å²) in [5.74, 6) is 1.40. The SMILES string of the molecule is CCCNc1ncc(Br)c(NCCC(=O)NC2CC2)n1. The molecule has 0 atom stereocenters. The van der Waals surface area contributed by atoms with E-state index in [1.807, 2.05) is 0 Å². The number of hydrogen-bond acceptors (Lipinski definition) is 5. The predicted octanol–water partition coefficient (Wildman–Crippen LogP) is 2.14. The van der Waals surface area contributed by atoms with Crippen LogP contribution in [0.25, 0.3) is 0 Å². The first-order chi connectivity index (χ1) is 9.69. The molecule has 1 aromatic heterocycles. The molecule has 3 N–H and O–H groups in total. The largest absolute Gasteiger partial charge is 0.368 e. The lowest BCUT2D eigenvalue weighted by molar-refractivity contribution is -0.120. The number of nitrogens with one attached hydrogen (secondary N) is 3. The number of anilines is 2. The highest BCUT2D eigenvalue weighted by atomic mass is 79.9. The lowest BCUT2D eigenvalue weighted by atomic mass is 10.4. The molecule has 0 aliphatic heterocycles. The molecule has 0 saturated heterocycles. The molecule has 0 unspecified atom stereocenters. The molecular weight excluding hydrogens is 322 g/mol. The van der Waals surface area contributed by atoms with Crippen LogP contribution >= 0.6 is 15.9 Å². The summed E-state index contributed by atoms with van der Waals surface area (Å²) >= 11 is 3.40. The second kappa shape index (κ2) is 7.42. The highest BCUT2D eigenvalue weighted by Crippen LogP contribution is 2.20. The Kier molecular flexibility index (Phi) is 5.58. The number of hydrogen-bond donors (Lipinski definition) is 3. The molecule has 1 aliphatic carbocycles. The zero-order valence-electron chi connectivity index (χ0n) is 11.6. The first-order valence-corrected chi connectivity index (χ1v) is 7.78. The first kappa shape index (κ1) is 15.0.